The van der Waals surface area contributed by atoms with Crippen molar-refractivity contribution >= 4 is 11.3 Å². The molecule has 78 valence electrons. The molecule has 0 saturated heterocycles. The van der Waals surface area contributed by atoms with E-state index >= 15 is 0 Å². The molecule has 1 unspecified atom stereocenters. The van der Waals surface area contributed by atoms with Crippen molar-refractivity contribution in [2.24, 2.45) is 5.73 Å². The van der Waals surface area contributed by atoms with Crippen molar-refractivity contribution < 1.29 is 4.74 Å². The zero-order valence-corrected chi connectivity index (χ0v) is 9.33. The molecular weight excluding hydrogens is 206 g/mol. The highest BCUT2D eigenvalue weighted by molar-refractivity contribution is 7.08. The summed E-state index contributed by atoms with van der Waals surface area (Å²) in [6.45, 7) is 0. The minimum atomic E-state index is -0.0397. The summed E-state index contributed by atoms with van der Waals surface area (Å²) in [6, 6.07) is 9.88. The Morgan fingerprint density at radius 1 is 1.13 bits per heavy atom. The van der Waals surface area contributed by atoms with Gasteiger partial charge in [-0.3, -0.25) is 0 Å². The molecule has 1 heterocycles. The van der Waals surface area contributed by atoms with Gasteiger partial charge < -0.3 is 10.5 Å². The Labute approximate surface area is 93.3 Å². The van der Waals surface area contributed by atoms with Crippen LogP contribution in [0.25, 0.3) is 0 Å². The van der Waals surface area contributed by atoms with Crippen molar-refractivity contribution in [2.75, 3.05) is 7.11 Å². The first kappa shape index (κ1) is 10.2. The molecule has 0 aliphatic heterocycles. The van der Waals surface area contributed by atoms with Gasteiger partial charge in [0.25, 0.3) is 0 Å². The standard InChI is InChI=1S/C12H13NOS/c1-14-11-4-2-9(3-5-11)12(13)10-6-7-15-8-10/h2-8,12H,13H2,1H3. The maximum absolute atomic E-state index is 6.12. The summed E-state index contributed by atoms with van der Waals surface area (Å²) in [5.41, 5.74) is 8.38. The van der Waals surface area contributed by atoms with Crippen LogP contribution in [0.2, 0.25) is 0 Å². The van der Waals surface area contributed by atoms with E-state index in [0.717, 1.165) is 16.9 Å². The lowest BCUT2D eigenvalue weighted by Gasteiger charge is -2.10. The third kappa shape index (κ3) is 2.19. The van der Waals surface area contributed by atoms with Gasteiger partial charge in [-0.2, -0.15) is 11.3 Å². The lowest BCUT2D eigenvalue weighted by Crippen LogP contribution is -2.10. The normalized spacial score (nSPS) is 12.4. The van der Waals surface area contributed by atoms with Crippen molar-refractivity contribution in [2.45, 2.75) is 6.04 Å². The number of rotatable bonds is 3. The molecule has 0 aliphatic rings. The minimum Gasteiger partial charge on any atom is -0.497 e. The van der Waals surface area contributed by atoms with E-state index in [1.54, 1.807) is 18.4 Å². The summed E-state index contributed by atoms with van der Waals surface area (Å²) in [5.74, 6) is 0.858. The summed E-state index contributed by atoms with van der Waals surface area (Å²) in [6.07, 6.45) is 0. The fraction of sp³-hybridized carbons (Fsp3) is 0.167. The van der Waals surface area contributed by atoms with Crippen molar-refractivity contribution in [1.29, 1.82) is 0 Å². The smallest absolute Gasteiger partial charge is 0.118 e. The maximum Gasteiger partial charge on any atom is 0.118 e. The first-order chi connectivity index (χ1) is 7.31. The van der Waals surface area contributed by atoms with Crippen LogP contribution in [0, 0.1) is 0 Å². The van der Waals surface area contributed by atoms with E-state index in [4.69, 9.17) is 10.5 Å². The monoisotopic (exact) mass is 219 g/mol. The van der Waals surface area contributed by atoms with Gasteiger partial charge in [0.05, 0.1) is 13.2 Å². The van der Waals surface area contributed by atoms with E-state index in [0.29, 0.717) is 0 Å². The molecule has 0 radical (unpaired) electrons. The Balaban J connectivity index is 2.22. The van der Waals surface area contributed by atoms with Gasteiger partial charge in [-0.05, 0) is 40.1 Å². The van der Waals surface area contributed by atoms with Crippen molar-refractivity contribution in [3.63, 3.8) is 0 Å². The second kappa shape index (κ2) is 4.47. The molecule has 1 aromatic heterocycles. The highest BCUT2D eigenvalue weighted by Crippen LogP contribution is 2.23. The van der Waals surface area contributed by atoms with Gasteiger partial charge in [-0.25, -0.2) is 0 Å². The van der Waals surface area contributed by atoms with Crippen LogP contribution in [0.4, 0.5) is 0 Å². The molecule has 0 fully saturated rings. The average Bonchev–Trinajstić information content (AvgIpc) is 2.82. The van der Waals surface area contributed by atoms with E-state index < -0.39 is 0 Å². The van der Waals surface area contributed by atoms with E-state index in [9.17, 15) is 0 Å². The average molecular weight is 219 g/mol. The zero-order chi connectivity index (χ0) is 10.7. The molecule has 2 aromatic rings. The molecule has 0 bridgehead atoms. The summed E-state index contributed by atoms with van der Waals surface area (Å²) < 4.78 is 5.10. The molecule has 0 aliphatic carbocycles. The SMILES string of the molecule is COc1ccc(C(N)c2ccsc2)cc1. The lowest BCUT2D eigenvalue weighted by molar-refractivity contribution is 0.414. The second-order valence-corrected chi connectivity index (χ2v) is 4.09. The van der Waals surface area contributed by atoms with Gasteiger partial charge in [0.15, 0.2) is 0 Å². The zero-order valence-electron chi connectivity index (χ0n) is 8.51. The van der Waals surface area contributed by atoms with Gasteiger partial charge in [0.2, 0.25) is 0 Å². The van der Waals surface area contributed by atoms with Crippen LogP contribution in [0.1, 0.15) is 17.2 Å². The van der Waals surface area contributed by atoms with Crippen LogP contribution in [-0.4, -0.2) is 7.11 Å². The number of hydrogen-bond acceptors (Lipinski definition) is 3. The molecule has 0 spiro atoms. The minimum absolute atomic E-state index is 0.0397. The Bertz CT molecular complexity index is 408. The van der Waals surface area contributed by atoms with E-state index in [-0.39, 0.29) is 6.04 Å². The fourth-order valence-corrected chi connectivity index (χ4v) is 2.15. The molecule has 2 rings (SSSR count). The van der Waals surface area contributed by atoms with Crippen LogP contribution < -0.4 is 10.5 Å². The number of nitrogens with two attached hydrogens (primary N) is 1. The number of methoxy groups -OCH3 is 1. The predicted molar refractivity (Wildman–Crippen MR) is 63.3 cm³/mol. The fourth-order valence-electron chi connectivity index (χ4n) is 1.46. The van der Waals surface area contributed by atoms with Crippen molar-refractivity contribution in [3.05, 3.63) is 52.2 Å². The van der Waals surface area contributed by atoms with E-state index in [2.05, 4.69) is 11.4 Å². The highest BCUT2D eigenvalue weighted by Gasteiger charge is 2.08. The van der Waals surface area contributed by atoms with Gasteiger partial charge in [-0.1, -0.05) is 12.1 Å². The molecule has 1 aromatic carbocycles. The van der Waals surface area contributed by atoms with Crippen LogP contribution in [0.3, 0.4) is 0 Å². The Kier molecular flexibility index (Phi) is 3.04. The Morgan fingerprint density at radius 3 is 2.40 bits per heavy atom. The van der Waals surface area contributed by atoms with Crippen molar-refractivity contribution in [3.8, 4) is 5.75 Å². The molecule has 15 heavy (non-hydrogen) atoms. The van der Waals surface area contributed by atoms with E-state index in [1.807, 2.05) is 29.6 Å². The number of hydrogen-bond donors (Lipinski definition) is 1. The largest absolute Gasteiger partial charge is 0.497 e. The number of ether oxygens (including phenoxy) is 1. The summed E-state index contributed by atoms with van der Waals surface area (Å²) in [5, 5.41) is 4.12. The third-order valence-corrected chi connectivity index (χ3v) is 3.08. The molecule has 3 heteroatoms. The molecule has 0 saturated carbocycles. The summed E-state index contributed by atoms with van der Waals surface area (Å²) in [4.78, 5) is 0. The second-order valence-electron chi connectivity index (χ2n) is 3.31. The van der Waals surface area contributed by atoms with Gasteiger partial charge in [0.1, 0.15) is 5.75 Å². The molecule has 0 amide bonds. The summed E-state index contributed by atoms with van der Waals surface area (Å²) in [7, 11) is 1.66. The van der Waals surface area contributed by atoms with Crippen LogP contribution in [0.15, 0.2) is 41.1 Å². The Morgan fingerprint density at radius 2 is 1.87 bits per heavy atom. The summed E-state index contributed by atoms with van der Waals surface area (Å²) >= 11 is 1.67. The first-order valence-electron chi connectivity index (χ1n) is 4.73. The van der Waals surface area contributed by atoms with Gasteiger partial charge in [0, 0.05) is 0 Å². The molecule has 2 nitrogen and oxygen atoms in total. The van der Waals surface area contributed by atoms with Crippen LogP contribution in [-0.2, 0) is 0 Å². The van der Waals surface area contributed by atoms with Crippen molar-refractivity contribution in [1.82, 2.24) is 0 Å². The lowest BCUT2D eigenvalue weighted by atomic mass is 10.0. The van der Waals surface area contributed by atoms with Crippen LogP contribution >= 0.6 is 11.3 Å². The molecule has 1 atom stereocenters. The molecular formula is C12H13NOS. The van der Waals surface area contributed by atoms with Gasteiger partial charge >= 0.3 is 0 Å². The topological polar surface area (TPSA) is 35.2 Å². The highest BCUT2D eigenvalue weighted by atomic mass is 32.1. The number of thiophene rings is 1. The first-order valence-corrected chi connectivity index (χ1v) is 5.67. The van der Waals surface area contributed by atoms with Crippen LogP contribution in [0.5, 0.6) is 5.75 Å². The number of benzene rings is 1. The third-order valence-electron chi connectivity index (χ3n) is 2.38. The predicted octanol–water partition coefficient (Wildman–Crippen LogP) is 2.80. The van der Waals surface area contributed by atoms with E-state index in [1.165, 1.54) is 0 Å². The maximum atomic E-state index is 6.12. The molecule has 2 N–H and O–H groups in total. The van der Waals surface area contributed by atoms with Gasteiger partial charge in [-0.15, -0.1) is 0 Å². The quantitative estimate of drug-likeness (QED) is 0.861. The Hall–Kier alpha value is -1.32.